The normalized spacial score (nSPS) is 24.3. The van der Waals surface area contributed by atoms with Crippen LogP contribution in [-0.2, 0) is 22.4 Å². The van der Waals surface area contributed by atoms with E-state index in [0.29, 0.717) is 30.1 Å². The molecule has 2 saturated heterocycles. The second-order valence-corrected chi connectivity index (χ2v) is 17.2. The van der Waals surface area contributed by atoms with E-state index in [-0.39, 0.29) is 29.8 Å². The summed E-state index contributed by atoms with van der Waals surface area (Å²) in [5.74, 6) is 3.38. The highest BCUT2D eigenvalue weighted by Crippen LogP contribution is 2.58. The zero-order valence-corrected chi connectivity index (χ0v) is 30.7. The van der Waals surface area contributed by atoms with Crippen molar-refractivity contribution in [3.05, 3.63) is 76.3 Å². The molecule has 51 heavy (non-hydrogen) atoms. The summed E-state index contributed by atoms with van der Waals surface area (Å²) in [6.07, 6.45) is 22.1. The number of imidazole rings is 2. The Balaban J connectivity index is 0.971. The molecule has 2 aromatic heterocycles. The topological polar surface area (TPSA) is 98.0 Å². The number of allylic oxidation sites excluding steroid dienone is 5. The molecule has 3 fully saturated rings. The van der Waals surface area contributed by atoms with Crippen molar-refractivity contribution in [3.63, 3.8) is 0 Å². The Labute approximate surface area is 301 Å². The number of carbonyl (C=O) groups is 2. The van der Waals surface area contributed by atoms with Gasteiger partial charge in [0.05, 0.1) is 35.4 Å². The monoisotopic (exact) mass is 684 g/mol. The zero-order valence-electron chi connectivity index (χ0n) is 30.7. The fourth-order valence-electron chi connectivity index (χ4n) is 9.76. The highest BCUT2D eigenvalue weighted by molar-refractivity contribution is 5.86. The van der Waals surface area contributed by atoms with E-state index in [2.05, 4.69) is 83.9 Å². The number of hydrogen-bond donors (Lipinski definition) is 2. The summed E-state index contributed by atoms with van der Waals surface area (Å²) in [6.45, 7) is 10.2. The molecule has 3 atom stereocenters. The Morgan fingerprint density at radius 2 is 1.65 bits per heavy atom. The van der Waals surface area contributed by atoms with Crippen LogP contribution in [0.25, 0.3) is 28.5 Å². The van der Waals surface area contributed by atoms with Crippen molar-refractivity contribution in [2.24, 2.45) is 23.2 Å². The van der Waals surface area contributed by atoms with Crippen molar-refractivity contribution >= 4 is 29.0 Å². The fourth-order valence-corrected chi connectivity index (χ4v) is 9.76. The molecule has 0 bridgehead atoms. The Hall–Kier alpha value is -4.20. The number of nitrogens with zero attached hydrogens (tertiary/aromatic N) is 4. The summed E-state index contributed by atoms with van der Waals surface area (Å²) >= 11 is 0. The molecular formula is C43H52N6O2. The van der Waals surface area contributed by atoms with Gasteiger partial charge in [-0.25, -0.2) is 9.97 Å². The highest BCUT2D eigenvalue weighted by atomic mass is 16.2. The predicted molar refractivity (Wildman–Crippen MR) is 201 cm³/mol. The Kier molecular flexibility index (Phi) is 8.00. The first-order valence-electron chi connectivity index (χ1n) is 19.6. The molecule has 1 aromatic carbocycles. The quantitative estimate of drug-likeness (QED) is 0.248. The van der Waals surface area contributed by atoms with Gasteiger partial charge in [0.2, 0.25) is 11.8 Å². The summed E-state index contributed by atoms with van der Waals surface area (Å²) in [4.78, 5) is 47.9. The first-order chi connectivity index (χ1) is 24.7. The molecule has 1 unspecified atom stereocenters. The molecule has 2 aliphatic heterocycles. The van der Waals surface area contributed by atoms with Crippen molar-refractivity contribution in [1.82, 2.24) is 29.7 Å². The largest absolute Gasteiger partial charge is 0.340 e. The molecule has 1 saturated carbocycles. The van der Waals surface area contributed by atoms with E-state index < -0.39 is 0 Å². The lowest BCUT2D eigenvalue weighted by molar-refractivity contribution is -0.134. The van der Waals surface area contributed by atoms with Gasteiger partial charge in [-0.3, -0.25) is 9.59 Å². The number of likely N-dealkylation sites (tertiary alicyclic amines) is 2. The molecule has 9 rings (SSSR count). The van der Waals surface area contributed by atoms with E-state index in [0.717, 1.165) is 86.8 Å². The summed E-state index contributed by atoms with van der Waals surface area (Å²) in [5, 5.41) is 0. The second kappa shape index (κ2) is 12.5. The number of fused-ring (bicyclic) bond motifs is 4. The number of aromatic nitrogens is 4. The summed E-state index contributed by atoms with van der Waals surface area (Å²) in [5.41, 5.74) is 11.7. The molecule has 1 spiro atoms. The van der Waals surface area contributed by atoms with Gasteiger partial charge in [-0.1, -0.05) is 58.1 Å². The number of rotatable bonds is 8. The van der Waals surface area contributed by atoms with E-state index in [4.69, 9.17) is 9.97 Å². The Morgan fingerprint density at radius 3 is 2.41 bits per heavy atom. The predicted octanol–water partition coefficient (Wildman–Crippen LogP) is 8.61. The number of amides is 2. The summed E-state index contributed by atoms with van der Waals surface area (Å²) in [7, 11) is 0. The average Bonchev–Trinajstić information content (AvgIpc) is 3.75. The number of hydrogen-bond acceptors (Lipinski definition) is 4. The maximum absolute atomic E-state index is 13.3. The molecule has 4 aliphatic carbocycles. The van der Waals surface area contributed by atoms with Gasteiger partial charge in [-0.2, -0.15) is 0 Å². The van der Waals surface area contributed by atoms with Gasteiger partial charge in [0.15, 0.2) is 0 Å². The number of benzene rings is 1. The summed E-state index contributed by atoms with van der Waals surface area (Å²) < 4.78 is 0. The third-order valence-electron chi connectivity index (χ3n) is 12.5. The number of aromatic amines is 2. The van der Waals surface area contributed by atoms with Crippen molar-refractivity contribution in [2.75, 3.05) is 13.1 Å². The SMILES string of the molecule is CC(C)CC(=O)N1CC2(CC2)C[C@H]1c1ncc(-c2ccc(C3=CC=C4c5nc([C@@H]6CCCN6C(=O)CC(C)C)[nH]c5C=CC4C3)c3c2CCC3)[nH]1. The van der Waals surface area contributed by atoms with Gasteiger partial charge in [-0.15, -0.1) is 0 Å². The average molecular weight is 685 g/mol. The molecular weight excluding hydrogens is 633 g/mol. The molecule has 8 nitrogen and oxygen atoms in total. The Bertz CT molecular complexity index is 1990. The molecule has 8 heteroatoms. The lowest BCUT2D eigenvalue weighted by atomic mass is 9.78. The number of H-pyrrole nitrogens is 2. The van der Waals surface area contributed by atoms with E-state index in [9.17, 15) is 9.59 Å². The van der Waals surface area contributed by atoms with Crippen molar-refractivity contribution in [2.45, 2.75) is 110 Å². The van der Waals surface area contributed by atoms with E-state index in [1.165, 1.54) is 46.2 Å². The zero-order chi connectivity index (χ0) is 35.0. The molecule has 4 heterocycles. The van der Waals surface area contributed by atoms with Crippen LogP contribution in [0.15, 0.2) is 36.6 Å². The molecule has 2 amide bonds. The van der Waals surface area contributed by atoms with Crippen LogP contribution in [-0.4, -0.2) is 54.6 Å². The first-order valence-corrected chi connectivity index (χ1v) is 19.6. The van der Waals surface area contributed by atoms with E-state index in [1.807, 2.05) is 6.20 Å². The second-order valence-electron chi connectivity index (χ2n) is 17.2. The van der Waals surface area contributed by atoms with Gasteiger partial charge in [-0.05, 0) is 109 Å². The van der Waals surface area contributed by atoms with Crippen molar-refractivity contribution in [1.29, 1.82) is 0 Å². The third kappa shape index (κ3) is 5.83. The fraction of sp³-hybridized carbons (Fsp3) is 0.535. The van der Waals surface area contributed by atoms with Gasteiger partial charge < -0.3 is 19.8 Å². The molecule has 2 N–H and O–H groups in total. The van der Waals surface area contributed by atoms with Crippen LogP contribution >= 0.6 is 0 Å². The van der Waals surface area contributed by atoms with Gasteiger partial charge in [0.25, 0.3) is 0 Å². The smallest absolute Gasteiger partial charge is 0.223 e. The number of nitrogens with one attached hydrogen (secondary N) is 2. The van der Waals surface area contributed by atoms with Crippen LogP contribution in [0.4, 0.5) is 0 Å². The summed E-state index contributed by atoms with van der Waals surface area (Å²) in [6, 6.07) is 4.73. The van der Waals surface area contributed by atoms with Crippen molar-refractivity contribution in [3.8, 4) is 11.3 Å². The van der Waals surface area contributed by atoms with E-state index in [1.54, 1.807) is 0 Å². The minimum absolute atomic E-state index is 0.0374. The van der Waals surface area contributed by atoms with Crippen LogP contribution in [0.1, 0.15) is 137 Å². The van der Waals surface area contributed by atoms with Crippen molar-refractivity contribution < 1.29 is 9.59 Å². The Morgan fingerprint density at radius 1 is 0.902 bits per heavy atom. The van der Waals surface area contributed by atoms with Gasteiger partial charge >= 0.3 is 0 Å². The third-order valence-corrected chi connectivity index (χ3v) is 12.5. The first kappa shape index (κ1) is 32.7. The molecule has 6 aliphatic rings. The molecule has 3 aromatic rings. The van der Waals surface area contributed by atoms with Crippen LogP contribution in [0, 0.1) is 23.2 Å². The van der Waals surface area contributed by atoms with Gasteiger partial charge in [0, 0.05) is 37.4 Å². The highest BCUT2D eigenvalue weighted by Gasteiger charge is 2.54. The van der Waals surface area contributed by atoms with Crippen LogP contribution in [0.2, 0.25) is 0 Å². The lowest BCUT2D eigenvalue weighted by Crippen LogP contribution is -2.32. The maximum atomic E-state index is 13.3. The van der Waals surface area contributed by atoms with Crippen LogP contribution < -0.4 is 0 Å². The minimum atomic E-state index is 0.0374. The van der Waals surface area contributed by atoms with Crippen LogP contribution in [0.3, 0.4) is 0 Å². The molecule has 0 radical (unpaired) electrons. The molecule has 266 valence electrons. The number of carbonyl (C=O) groups excluding carboxylic acids is 2. The minimum Gasteiger partial charge on any atom is -0.340 e. The standard InChI is InChI=1S/C43H52N6O2/c1-25(2)19-38(50)48-18-6-9-36(48)42-45-34-15-11-28-21-27(10-12-30(28)40(34)47-42)29-13-14-33(32-8-5-7-31(29)32)35-23-44-41(46-35)37-22-43(16-17-43)24-49(37)39(51)20-26(3)4/h10-15,23,25-26,28,36-37H,5-9,16-22,24H2,1-4H3,(H,44,46)(H,45,47)/t28?,36-,37-/m0/s1. The van der Waals surface area contributed by atoms with E-state index >= 15 is 0 Å². The maximum Gasteiger partial charge on any atom is 0.223 e. The lowest BCUT2D eigenvalue weighted by Gasteiger charge is -2.26. The van der Waals surface area contributed by atoms with Crippen LogP contribution in [0.5, 0.6) is 0 Å². The van der Waals surface area contributed by atoms with Gasteiger partial charge in [0.1, 0.15) is 11.6 Å².